The van der Waals surface area contributed by atoms with Crippen molar-refractivity contribution in [1.29, 1.82) is 0 Å². The number of amides is 3. The van der Waals surface area contributed by atoms with E-state index in [1.165, 1.54) is 5.56 Å². The monoisotopic (exact) mass is 574 g/mol. The van der Waals surface area contributed by atoms with Crippen LogP contribution in [0.2, 0.25) is 0 Å². The highest BCUT2D eigenvalue weighted by Gasteiger charge is 2.43. The minimum Gasteiger partial charge on any atom is -0.368 e. The number of piperazine rings is 1. The van der Waals surface area contributed by atoms with Crippen LogP contribution in [0.5, 0.6) is 0 Å². The molecule has 1 saturated carbocycles. The van der Waals surface area contributed by atoms with Crippen LogP contribution in [0, 0.1) is 18.3 Å². The zero-order valence-electron chi connectivity index (χ0n) is 23.6. The first kappa shape index (κ1) is 29.0. The number of benzene rings is 2. The Morgan fingerprint density at radius 3 is 2.37 bits per heavy atom. The number of hydrogen-bond donors (Lipinski definition) is 0. The summed E-state index contributed by atoms with van der Waals surface area (Å²) in [5, 5.41) is 0. The van der Waals surface area contributed by atoms with Crippen LogP contribution in [-0.2, 0) is 16.0 Å². The molecule has 3 aliphatic rings. The summed E-state index contributed by atoms with van der Waals surface area (Å²) in [6, 6.07) is 18.5. The molecule has 2 aromatic carbocycles. The lowest BCUT2D eigenvalue weighted by Gasteiger charge is -2.44. The molecule has 8 heteroatoms. The second-order valence-corrected chi connectivity index (χ2v) is 11.6. The van der Waals surface area contributed by atoms with Crippen LogP contribution < -0.4 is 4.90 Å². The van der Waals surface area contributed by atoms with Crippen molar-refractivity contribution in [3.63, 3.8) is 0 Å². The van der Waals surface area contributed by atoms with Crippen molar-refractivity contribution in [2.24, 2.45) is 5.92 Å². The molecule has 1 aliphatic carbocycles. The summed E-state index contributed by atoms with van der Waals surface area (Å²) in [6.45, 7) is 3.94. The smallest absolute Gasteiger partial charge is 0.253 e. The molecule has 0 spiro atoms. The Bertz CT molecular complexity index is 1270. The van der Waals surface area contributed by atoms with E-state index < -0.39 is 0 Å². The van der Waals surface area contributed by atoms with Crippen molar-refractivity contribution in [2.75, 3.05) is 50.0 Å². The average molecular weight is 575 g/mol. The van der Waals surface area contributed by atoms with Crippen LogP contribution in [0.1, 0.15) is 48.0 Å². The highest BCUT2D eigenvalue weighted by Crippen LogP contribution is 2.36. The standard InChI is InChI=1S/C33H39ClN4O3/c1-2-3-12-31(39)36-19-17-35(18-20-36)29-11-7-10-26(22-29)33(41)37-16-15-30(38(28-13-14-28)32(40)23-34)27(24-37)21-25-8-5-4-6-9-25/h1,4-11,22,27-28,30H,3,12-21,23-24H2. The van der Waals surface area contributed by atoms with E-state index in [9.17, 15) is 14.4 Å². The Kier molecular flexibility index (Phi) is 9.51. The molecule has 0 radical (unpaired) electrons. The molecule has 3 fully saturated rings. The van der Waals surface area contributed by atoms with Gasteiger partial charge in [-0.2, -0.15) is 0 Å². The van der Waals surface area contributed by atoms with E-state index in [-0.39, 0.29) is 41.6 Å². The fourth-order valence-electron chi connectivity index (χ4n) is 6.34. The molecule has 2 heterocycles. The fourth-order valence-corrected chi connectivity index (χ4v) is 6.48. The molecule has 2 aromatic rings. The Hall–Kier alpha value is -3.50. The average Bonchev–Trinajstić information content (AvgIpc) is 3.86. The molecule has 5 rings (SSSR count). The van der Waals surface area contributed by atoms with Gasteiger partial charge in [-0.05, 0) is 49.4 Å². The third-order valence-corrected chi connectivity index (χ3v) is 8.82. The molecular weight excluding hydrogens is 536 g/mol. The lowest BCUT2D eigenvalue weighted by atomic mass is 9.85. The summed E-state index contributed by atoms with van der Waals surface area (Å²) in [7, 11) is 0. The van der Waals surface area contributed by atoms with Gasteiger partial charge in [-0.3, -0.25) is 14.4 Å². The maximum absolute atomic E-state index is 13.8. The molecule has 216 valence electrons. The van der Waals surface area contributed by atoms with Crippen LogP contribution >= 0.6 is 11.6 Å². The molecule has 0 aromatic heterocycles. The van der Waals surface area contributed by atoms with Crippen LogP contribution in [-0.4, -0.2) is 89.7 Å². The van der Waals surface area contributed by atoms with Gasteiger partial charge in [-0.25, -0.2) is 0 Å². The summed E-state index contributed by atoms with van der Waals surface area (Å²) in [4.78, 5) is 47.2. The number of terminal acetylenes is 1. The first-order chi connectivity index (χ1) is 20.0. The molecule has 2 aliphatic heterocycles. The molecule has 0 bridgehead atoms. The number of likely N-dealkylation sites (tertiary alicyclic amines) is 1. The molecule has 2 saturated heterocycles. The number of hydrogen-bond acceptors (Lipinski definition) is 4. The minimum atomic E-state index is -0.00613. The van der Waals surface area contributed by atoms with Gasteiger partial charge in [0, 0.05) is 81.4 Å². The summed E-state index contributed by atoms with van der Waals surface area (Å²) in [6.07, 6.45) is 9.77. The number of carbonyl (C=O) groups excluding carboxylic acids is 3. The molecule has 3 amide bonds. The van der Waals surface area contributed by atoms with Crippen LogP contribution in [0.4, 0.5) is 5.69 Å². The van der Waals surface area contributed by atoms with E-state index in [0.29, 0.717) is 44.6 Å². The number of carbonyl (C=O) groups is 3. The molecule has 41 heavy (non-hydrogen) atoms. The van der Waals surface area contributed by atoms with Crippen LogP contribution in [0.25, 0.3) is 0 Å². The highest BCUT2D eigenvalue weighted by molar-refractivity contribution is 6.27. The quantitative estimate of drug-likeness (QED) is 0.335. The van der Waals surface area contributed by atoms with Crippen molar-refractivity contribution >= 4 is 35.0 Å². The highest BCUT2D eigenvalue weighted by atomic mass is 35.5. The summed E-state index contributed by atoms with van der Waals surface area (Å²) >= 11 is 6.04. The van der Waals surface area contributed by atoms with E-state index in [1.807, 2.05) is 57.2 Å². The lowest BCUT2D eigenvalue weighted by molar-refractivity contribution is -0.134. The summed E-state index contributed by atoms with van der Waals surface area (Å²) in [5.74, 6) is 2.79. The molecular formula is C33H39ClN4O3. The van der Waals surface area contributed by atoms with Gasteiger partial charge in [0.25, 0.3) is 5.91 Å². The van der Waals surface area contributed by atoms with Gasteiger partial charge >= 0.3 is 0 Å². The van der Waals surface area contributed by atoms with Gasteiger partial charge in [0.1, 0.15) is 5.88 Å². The number of piperidine rings is 1. The van der Waals surface area contributed by atoms with Gasteiger partial charge < -0.3 is 19.6 Å². The largest absolute Gasteiger partial charge is 0.368 e. The van der Waals surface area contributed by atoms with E-state index in [0.717, 1.165) is 44.5 Å². The van der Waals surface area contributed by atoms with Gasteiger partial charge in [0.15, 0.2) is 0 Å². The van der Waals surface area contributed by atoms with E-state index in [4.69, 9.17) is 18.0 Å². The molecule has 0 N–H and O–H groups in total. The Morgan fingerprint density at radius 2 is 1.68 bits per heavy atom. The van der Waals surface area contributed by atoms with Crippen molar-refractivity contribution in [3.8, 4) is 12.3 Å². The van der Waals surface area contributed by atoms with Crippen LogP contribution in [0.3, 0.4) is 0 Å². The topological polar surface area (TPSA) is 64.2 Å². The number of anilines is 1. The third-order valence-electron chi connectivity index (χ3n) is 8.60. The lowest BCUT2D eigenvalue weighted by Crippen LogP contribution is -2.55. The SMILES string of the molecule is C#CCCC(=O)N1CCN(c2cccc(C(=O)N3CCC(N(C(=O)CCl)C4CC4)C(Cc4ccccc4)C3)c2)CC1. The maximum Gasteiger partial charge on any atom is 0.253 e. The first-order valence-corrected chi connectivity index (χ1v) is 15.3. The van der Waals surface area contributed by atoms with Crippen molar-refractivity contribution in [2.45, 2.75) is 50.6 Å². The molecule has 7 nitrogen and oxygen atoms in total. The van der Waals surface area contributed by atoms with E-state index >= 15 is 0 Å². The van der Waals surface area contributed by atoms with Crippen molar-refractivity contribution in [1.82, 2.24) is 14.7 Å². The van der Waals surface area contributed by atoms with Gasteiger partial charge in [-0.15, -0.1) is 23.9 Å². The van der Waals surface area contributed by atoms with Crippen molar-refractivity contribution < 1.29 is 14.4 Å². The Balaban J connectivity index is 1.27. The number of nitrogens with zero attached hydrogens (tertiary/aromatic N) is 4. The van der Waals surface area contributed by atoms with Crippen molar-refractivity contribution in [3.05, 3.63) is 65.7 Å². The van der Waals surface area contributed by atoms with E-state index in [1.54, 1.807) is 0 Å². The second-order valence-electron chi connectivity index (χ2n) is 11.3. The number of halogens is 1. The first-order valence-electron chi connectivity index (χ1n) is 14.7. The Morgan fingerprint density at radius 1 is 0.927 bits per heavy atom. The number of rotatable bonds is 9. The number of alkyl halides is 1. The predicted octanol–water partition coefficient (Wildman–Crippen LogP) is 4.05. The third kappa shape index (κ3) is 7.05. The zero-order valence-corrected chi connectivity index (χ0v) is 24.3. The Labute approximate surface area is 248 Å². The minimum absolute atomic E-state index is 0.00236. The molecule has 2 atom stereocenters. The predicted molar refractivity (Wildman–Crippen MR) is 162 cm³/mol. The summed E-state index contributed by atoms with van der Waals surface area (Å²) in [5.41, 5.74) is 2.88. The summed E-state index contributed by atoms with van der Waals surface area (Å²) < 4.78 is 0. The maximum atomic E-state index is 13.8. The molecule has 2 unspecified atom stereocenters. The zero-order chi connectivity index (χ0) is 28.8. The van der Waals surface area contributed by atoms with Crippen LogP contribution in [0.15, 0.2) is 54.6 Å². The second kappa shape index (κ2) is 13.4. The normalized spacial score (nSPS) is 20.8. The van der Waals surface area contributed by atoms with Gasteiger partial charge in [0.2, 0.25) is 11.8 Å². The van der Waals surface area contributed by atoms with Gasteiger partial charge in [0.05, 0.1) is 0 Å². The van der Waals surface area contributed by atoms with E-state index in [2.05, 4.69) is 23.0 Å². The van der Waals surface area contributed by atoms with Gasteiger partial charge in [-0.1, -0.05) is 36.4 Å². The fraction of sp³-hybridized carbons (Fsp3) is 0.485.